The maximum Gasteiger partial charge on any atom is 0.357 e. The molecule has 0 aromatic carbocycles. The fourth-order valence-corrected chi connectivity index (χ4v) is 2.41. The Kier molecular flexibility index (Phi) is 6.49. The summed E-state index contributed by atoms with van der Waals surface area (Å²) in [6.07, 6.45) is 1.39. The van der Waals surface area contributed by atoms with Crippen molar-refractivity contribution in [3.8, 4) is 0 Å². The van der Waals surface area contributed by atoms with E-state index in [1.165, 1.54) is 11.3 Å². The van der Waals surface area contributed by atoms with Crippen LogP contribution >= 0.6 is 11.3 Å². The van der Waals surface area contributed by atoms with Gasteiger partial charge in [-0.1, -0.05) is 13.8 Å². The molecule has 0 N–H and O–H groups in total. The van der Waals surface area contributed by atoms with E-state index in [9.17, 15) is 9.59 Å². The van der Waals surface area contributed by atoms with Crippen molar-refractivity contribution in [2.75, 3.05) is 13.2 Å². The first kappa shape index (κ1) is 15.6. The molecule has 0 fully saturated rings. The van der Waals surface area contributed by atoms with E-state index < -0.39 is 5.97 Å². The number of nitrogens with zero attached hydrogens (tertiary/aromatic N) is 2. The first-order chi connectivity index (χ1) is 9.12. The monoisotopic (exact) mass is 284 g/mol. The van der Waals surface area contributed by atoms with Crippen molar-refractivity contribution in [2.45, 2.75) is 40.2 Å². The maximum absolute atomic E-state index is 11.8. The number of hydrogen-bond donors (Lipinski definition) is 0. The van der Waals surface area contributed by atoms with Crippen LogP contribution < -0.4 is 0 Å². The van der Waals surface area contributed by atoms with Gasteiger partial charge in [0.05, 0.1) is 13.2 Å². The van der Waals surface area contributed by atoms with E-state index in [2.05, 4.69) is 4.98 Å². The number of carbonyl (C=O) groups is 2. The van der Waals surface area contributed by atoms with E-state index in [1.807, 2.05) is 13.8 Å². The highest BCUT2D eigenvalue weighted by Crippen LogP contribution is 2.14. The Labute approximate surface area is 117 Å². The fourth-order valence-electron chi connectivity index (χ4n) is 1.63. The lowest BCUT2D eigenvalue weighted by Gasteiger charge is -2.20. The molecule has 1 heterocycles. The van der Waals surface area contributed by atoms with Gasteiger partial charge in [0, 0.05) is 18.3 Å². The van der Waals surface area contributed by atoms with Crippen LogP contribution in [0.3, 0.4) is 0 Å². The van der Waals surface area contributed by atoms with E-state index in [1.54, 1.807) is 17.2 Å². The van der Waals surface area contributed by atoms with Crippen molar-refractivity contribution in [1.29, 1.82) is 0 Å². The van der Waals surface area contributed by atoms with Crippen LogP contribution in [0.25, 0.3) is 0 Å². The molecule has 1 aromatic rings. The molecule has 5 nitrogen and oxygen atoms in total. The van der Waals surface area contributed by atoms with Crippen LogP contribution in [0.1, 0.15) is 49.1 Å². The van der Waals surface area contributed by atoms with Gasteiger partial charge < -0.3 is 9.64 Å². The van der Waals surface area contributed by atoms with Crippen molar-refractivity contribution in [2.24, 2.45) is 0 Å². The minimum Gasteiger partial charge on any atom is -0.461 e. The van der Waals surface area contributed by atoms with E-state index in [-0.39, 0.29) is 5.91 Å². The lowest BCUT2D eigenvalue weighted by atomic mass is 10.3. The zero-order valence-electron chi connectivity index (χ0n) is 11.6. The van der Waals surface area contributed by atoms with Crippen molar-refractivity contribution in [3.63, 3.8) is 0 Å². The van der Waals surface area contributed by atoms with Gasteiger partial charge in [0.25, 0.3) is 0 Å². The lowest BCUT2D eigenvalue weighted by molar-refractivity contribution is -0.131. The zero-order valence-corrected chi connectivity index (χ0v) is 12.5. The minimum atomic E-state index is -0.408. The average molecular weight is 284 g/mol. The maximum atomic E-state index is 11.8. The second-order valence-electron chi connectivity index (χ2n) is 4.02. The molecule has 0 aliphatic carbocycles. The SMILES string of the molecule is CCCN(Cc1nc(C(=O)OCC)cs1)C(=O)CC. The molecule has 0 aliphatic heterocycles. The summed E-state index contributed by atoms with van der Waals surface area (Å²) in [5, 5.41) is 2.44. The second kappa shape index (κ2) is 7.89. The van der Waals surface area contributed by atoms with E-state index in [0.29, 0.717) is 31.8 Å². The molecule has 0 bridgehead atoms. The molecule has 6 heteroatoms. The van der Waals surface area contributed by atoms with E-state index in [4.69, 9.17) is 4.74 Å². The minimum absolute atomic E-state index is 0.106. The van der Waals surface area contributed by atoms with Crippen LogP contribution in [-0.2, 0) is 16.1 Å². The highest BCUT2D eigenvalue weighted by Gasteiger charge is 2.16. The smallest absolute Gasteiger partial charge is 0.357 e. The third-order valence-corrected chi connectivity index (χ3v) is 3.34. The molecule has 19 heavy (non-hydrogen) atoms. The summed E-state index contributed by atoms with van der Waals surface area (Å²) in [6, 6.07) is 0. The van der Waals surface area contributed by atoms with Gasteiger partial charge in [-0.25, -0.2) is 9.78 Å². The number of esters is 1. The topological polar surface area (TPSA) is 59.5 Å². The highest BCUT2D eigenvalue weighted by atomic mass is 32.1. The highest BCUT2D eigenvalue weighted by molar-refractivity contribution is 7.09. The molecule has 0 radical (unpaired) electrons. The second-order valence-corrected chi connectivity index (χ2v) is 4.96. The van der Waals surface area contributed by atoms with Crippen LogP contribution in [0.4, 0.5) is 0 Å². The Bertz CT molecular complexity index is 431. The van der Waals surface area contributed by atoms with Gasteiger partial charge in [0.15, 0.2) is 5.69 Å². The third-order valence-electron chi connectivity index (χ3n) is 2.51. The summed E-state index contributed by atoms with van der Waals surface area (Å²) in [5.74, 6) is -0.302. The lowest BCUT2D eigenvalue weighted by Crippen LogP contribution is -2.30. The number of amides is 1. The number of aromatic nitrogens is 1. The number of thiazole rings is 1. The van der Waals surface area contributed by atoms with Crippen LogP contribution in [0, 0.1) is 0 Å². The third kappa shape index (κ3) is 4.63. The molecule has 0 aliphatic rings. The van der Waals surface area contributed by atoms with Crippen LogP contribution in [-0.4, -0.2) is 34.9 Å². The summed E-state index contributed by atoms with van der Waals surface area (Å²) in [7, 11) is 0. The summed E-state index contributed by atoms with van der Waals surface area (Å²) in [6.45, 7) is 7.14. The van der Waals surface area contributed by atoms with Gasteiger partial charge in [-0.2, -0.15) is 0 Å². The molecular weight excluding hydrogens is 264 g/mol. The fraction of sp³-hybridized carbons (Fsp3) is 0.615. The molecule has 1 rings (SSSR count). The van der Waals surface area contributed by atoms with Gasteiger partial charge in [0.1, 0.15) is 5.01 Å². The molecular formula is C13H20N2O3S. The van der Waals surface area contributed by atoms with Gasteiger partial charge in [-0.15, -0.1) is 11.3 Å². The molecule has 0 saturated carbocycles. The Morgan fingerprint density at radius 3 is 2.68 bits per heavy atom. The standard InChI is InChI=1S/C13H20N2O3S/c1-4-7-15(12(16)5-2)8-11-14-10(9-19-11)13(17)18-6-3/h9H,4-8H2,1-3H3. The molecule has 0 saturated heterocycles. The van der Waals surface area contributed by atoms with Crippen LogP contribution in [0.2, 0.25) is 0 Å². The average Bonchev–Trinajstić information content (AvgIpc) is 2.86. The van der Waals surface area contributed by atoms with Gasteiger partial charge in [0.2, 0.25) is 5.91 Å². The number of ether oxygens (including phenoxy) is 1. The predicted octanol–water partition coefficient (Wildman–Crippen LogP) is 2.47. The molecule has 0 unspecified atom stereocenters. The Morgan fingerprint density at radius 2 is 2.11 bits per heavy atom. The molecule has 0 spiro atoms. The number of carbonyl (C=O) groups excluding carboxylic acids is 2. The molecule has 1 aromatic heterocycles. The molecule has 1 amide bonds. The van der Waals surface area contributed by atoms with Gasteiger partial charge in [-0.3, -0.25) is 4.79 Å². The van der Waals surface area contributed by atoms with Crippen molar-refractivity contribution in [3.05, 3.63) is 16.1 Å². The molecule has 106 valence electrons. The van der Waals surface area contributed by atoms with Gasteiger partial charge in [-0.05, 0) is 13.3 Å². The predicted molar refractivity (Wildman–Crippen MR) is 74.1 cm³/mol. The normalized spacial score (nSPS) is 10.3. The summed E-state index contributed by atoms with van der Waals surface area (Å²) < 4.78 is 4.89. The van der Waals surface area contributed by atoms with Crippen molar-refractivity contribution < 1.29 is 14.3 Å². The quantitative estimate of drug-likeness (QED) is 0.722. The van der Waals surface area contributed by atoms with E-state index in [0.717, 1.165) is 11.4 Å². The summed E-state index contributed by atoms with van der Waals surface area (Å²) in [5.41, 5.74) is 0.322. The first-order valence-electron chi connectivity index (χ1n) is 6.51. The van der Waals surface area contributed by atoms with Crippen LogP contribution in [0.5, 0.6) is 0 Å². The first-order valence-corrected chi connectivity index (χ1v) is 7.39. The summed E-state index contributed by atoms with van der Waals surface area (Å²) in [4.78, 5) is 29.3. The van der Waals surface area contributed by atoms with E-state index >= 15 is 0 Å². The van der Waals surface area contributed by atoms with Crippen molar-refractivity contribution in [1.82, 2.24) is 9.88 Å². The number of hydrogen-bond acceptors (Lipinski definition) is 5. The van der Waals surface area contributed by atoms with Crippen LogP contribution in [0.15, 0.2) is 5.38 Å². The molecule has 0 atom stereocenters. The Morgan fingerprint density at radius 1 is 1.37 bits per heavy atom. The number of rotatable bonds is 7. The zero-order chi connectivity index (χ0) is 14.3. The largest absolute Gasteiger partial charge is 0.461 e. The van der Waals surface area contributed by atoms with Crippen molar-refractivity contribution >= 4 is 23.2 Å². The Hall–Kier alpha value is -1.43. The Balaban J connectivity index is 2.69. The van der Waals surface area contributed by atoms with Gasteiger partial charge >= 0.3 is 5.97 Å². The summed E-state index contributed by atoms with van der Waals surface area (Å²) >= 11 is 1.38.